The Morgan fingerprint density at radius 2 is 1.68 bits per heavy atom. The first-order valence-electron chi connectivity index (χ1n) is 7.01. The number of para-hydroxylation sites is 1. The summed E-state index contributed by atoms with van der Waals surface area (Å²) in [6.07, 6.45) is 0.781. The van der Waals surface area contributed by atoms with Crippen LogP contribution in [0.3, 0.4) is 0 Å². The Bertz CT molecular complexity index is 669. The fourth-order valence-corrected chi connectivity index (χ4v) is 2.12. The van der Waals surface area contributed by atoms with Gasteiger partial charge in [-0.25, -0.2) is 0 Å². The van der Waals surface area contributed by atoms with Gasteiger partial charge in [-0.05, 0) is 35.7 Å². The second kappa shape index (κ2) is 7.61. The van der Waals surface area contributed by atoms with E-state index in [2.05, 4.69) is 10.6 Å². The van der Waals surface area contributed by atoms with E-state index in [9.17, 15) is 9.59 Å². The Morgan fingerprint density at radius 1 is 1.00 bits per heavy atom. The van der Waals surface area contributed by atoms with Crippen molar-refractivity contribution in [3.8, 4) is 0 Å². The predicted octanol–water partition coefficient (Wildman–Crippen LogP) is 3.16. The fourth-order valence-electron chi connectivity index (χ4n) is 1.99. The van der Waals surface area contributed by atoms with E-state index in [4.69, 9.17) is 11.6 Å². The summed E-state index contributed by atoms with van der Waals surface area (Å²) >= 11 is 5.79. The zero-order valence-electron chi connectivity index (χ0n) is 12.2. The first-order valence-corrected chi connectivity index (χ1v) is 7.39. The van der Waals surface area contributed by atoms with Crippen LogP contribution in [0, 0.1) is 0 Å². The van der Waals surface area contributed by atoms with Gasteiger partial charge in [0, 0.05) is 17.3 Å². The molecule has 0 aromatic heterocycles. The molecule has 0 aliphatic carbocycles. The van der Waals surface area contributed by atoms with Gasteiger partial charge >= 0.3 is 11.8 Å². The van der Waals surface area contributed by atoms with Crippen LogP contribution in [0.25, 0.3) is 0 Å². The molecule has 0 heterocycles. The van der Waals surface area contributed by atoms with Crippen LogP contribution in [0.2, 0.25) is 5.02 Å². The highest BCUT2D eigenvalue weighted by Gasteiger charge is 2.14. The molecule has 22 heavy (non-hydrogen) atoms. The molecule has 4 nitrogen and oxygen atoms in total. The van der Waals surface area contributed by atoms with E-state index < -0.39 is 11.8 Å². The summed E-state index contributed by atoms with van der Waals surface area (Å²) in [6.45, 7) is 2.27. The molecule has 0 saturated carbocycles. The van der Waals surface area contributed by atoms with Crippen molar-refractivity contribution in [2.75, 3.05) is 5.32 Å². The normalized spacial score (nSPS) is 10.1. The lowest BCUT2D eigenvalue weighted by molar-refractivity contribution is -0.136. The van der Waals surface area contributed by atoms with Crippen molar-refractivity contribution in [1.82, 2.24) is 5.32 Å². The van der Waals surface area contributed by atoms with Crippen LogP contribution in [0.4, 0.5) is 5.69 Å². The summed E-state index contributed by atoms with van der Waals surface area (Å²) in [5.41, 5.74) is 2.53. The topological polar surface area (TPSA) is 58.2 Å². The van der Waals surface area contributed by atoms with E-state index in [1.807, 2.05) is 25.1 Å². The SMILES string of the molecule is CCc1ccccc1NC(=O)C(=O)NCc1ccc(Cl)cc1. The third kappa shape index (κ3) is 4.33. The standard InChI is InChI=1S/C17H17ClN2O2/c1-2-13-5-3-4-6-15(13)20-17(22)16(21)19-11-12-7-9-14(18)10-8-12/h3-10H,2,11H2,1H3,(H,19,21)(H,20,22). The van der Waals surface area contributed by atoms with Crippen LogP contribution in [0.15, 0.2) is 48.5 Å². The number of hydrogen-bond acceptors (Lipinski definition) is 2. The second-order valence-electron chi connectivity index (χ2n) is 4.77. The van der Waals surface area contributed by atoms with E-state index in [0.29, 0.717) is 10.7 Å². The van der Waals surface area contributed by atoms with Crippen molar-refractivity contribution in [3.63, 3.8) is 0 Å². The number of hydrogen-bond donors (Lipinski definition) is 2. The van der Waals surface area contributed by atoms with Crippen molar-refractivity contribution in [3.05, 3.63) is 64.7 Å². The molecule has 0 aliphatic rings. The molecule has 2 aromatic carbocycles. The van der Waals surface area contributed by atoms with Gasteiger partial charge in [0.1, 0.15) is 0 Å². The number of anilines is 1. The summed E-state index contributed by atoms with van der Waals surface area (Å²) in [7, 11) is 0. The molecule has 2 rings (SSSR count). The smallest absolute Gasteiger partial charge is 0.313 e. The molecule has 2 aromatic rings. The van der Waals surface area contributed by atoms with E-state index in [1.54, 1.807) is 30.3 Å². The third-order valence-corrected chi connectivity index (χ3v) is 3.47. The number of nitrogens with one attached hydrogen (secondary N) is 2. The molecule has 0 spiro atoms. The molecule has 0 unspecified atom stereocenters. The van der Waals surface area contributed by atoms with Crippen LogP contribution >= 0.6 is 11.6 Å². The molecular weight excluding hydrogens is 300 g/mol. The third-order valence-electron chi connectivity index (χ3n) is 3.22. The summed E-state index contributed by atoms with van der Waals surface area (Å²) in [6, 6.07) is 14.5. The summed E-state index contributed by atoms with van der Waals surface area (Å²) in [5, 5.41) is 5.85. The van der Waals surface area contributed by atoms with E-state index in [1.165, 1.54) is 0 Å². The van der Waals surface area contributed by atoms with E-state index >= 15 is 0 Å². The second-order valence-corrected chi connectivity index (χ2v) is 5.21. The van der Waals surface area contributed by atoms with Gasteiger partial charge in [0.2, 0.25) is 0 Å². The van der Waals surface area contributed by atoms with Gasteiger partial charge in [-0.15, -0.1) is 0 Å². The molecule has 2 amide bonds. The Labute approximate surface area is 134 Å². The van der Waals surface area contributed by atoms with Gasteiger partial charge in [-0.1, -0.05) is 48.9 Å². The van der Waals surface area contributed by atoms with Gasteiger partial charge in [0.15, 0.2) is 0 Å². The Kier molecular flexibility index (Phi) is 5.55. The molecule has 0 bridgehead atoms. The molecule has 0 saturated heterocycles. The Balaban J connectivity index is 1.92. The maximum Gasteiger partial charge on any atom is 0.313 e. The number of rotatable bonds is 4. The van der Waals surface area contributed by atoms with Gasteiger partial charge in [0.25, 0.3) is 0 Å². The summed E-state index contributed by atoms with van der Waals surface area (Å²) in [5.74, 6) is -1.34. The van der Waals surface area contributed by atoms with Crippen LogP contribution < -0.4 is 10.6 Å². The highest BCUT2D eigenvalue weighted by Crippen LogP contribution is 2.15. The van der Waals surface area contributed by atoms with Crippen LogP contribution in [0.5, 0.6) is 0 Å². The summed E-state index contributed by atoms with van der Waals surface area (Å²) < 4.78 is 0. The zero-order chi connectivity index (χ0) is 15.9. The quantitative estimate of drug-likeness (QED) is 0.851. The molecule has 0 aliphatic heterocycles. The highest BCUT2D eigenvalue weighted by molar-refractivity contribution is 6.39. The molecule has 5 heteroatoms. The maximum atomic E-state index is 11.9. The fraction of sp³-hybridized carbons (Fsp3) is 0.176. The number of carbonyl (C=O) groups excluding carboxylic acids is 2. The molecule has 114 valence electrons. The molecule has 0 fully saturated rings. The van der Waals surface area contributed by atoms with Crippen LogP contribution in [0.1, 0.15) is 18.1 Å². The molecular formula is C17H17ClN2O2. The number of amides is 2. The van der Waals surface area contributed by atoms with Crippen LogP contribution in [-0.2, 0) is 22.6 Å². The van der Waals surface area contributed by atoms with Crippen molar-refractivity contribution in [1.29, 1.82) is 0 Å². The van der Waals surface area contributed by atoms with Crippen LogP contribution in [-0.4, -0.2) is 11.8 Å². The first-order chi connectivity index (χ1) is 10.6. The Hall–Kier alpha value is -2.33. The number of benzene rings is 2. The largest absolute Gasteiger partial charge is 0.344 e. The van der Waals surface area contributed by atoms with Gasteiger partial charge in [-0.2, -0.15) is 0 Å². The number of carbonyl (C=O) groups is 2. The average molecular weight is 317 g/mol. The minimum atomic E-state index is -0.671. The minimum Gasteiger partial charge on any atom is -0.344 e. The van der Waals surface area contributed by atoms with Gasteiger partial charge in [-0.3, -0.25) is 9.59 Å². The van der Waals surface area contributed by atoms with Crippen molar-refractivity contribution < 1.29 is 9.59 Å². The monoisotopic (exact) mass is 316 g/mol. The van der Waals surface area contributed by atoms with Gasteiger partial charge in [0.05, 0.1) is 0 Å². The van der Waals surface area contributed by atoms with Crippen molar-refractivity contribution >= 4 is 29.1 Å². The van der Waals surface area contributed by atoms with Crippen molar-refractivity contribution in [2.24, 2.45) is 0 Å². The highest BCUT2D eigenvalue weighted by atomic mass is 35.5. The van der Waals surface area contributed by atoms with Gasteiger partial charge < -0.3 is 10.6 Å². The van der Waals surface area contributed by atoms with E-state index in [-0.39, 0.29) is 6.54 Å². The average Bonchev–Trinajstić information content (AvgIpc) is 2.54. The number of halogens is 1. The lowest BCUT2D eigenvalue weighted by Crippen LogP contribution is -2.35. The number of aryl methyl sites for hydroxylation is 1. The summed E-state index contributed by atoms with van der Waals surface area (Å²) in [4.78, 5) is 23.7. The molecule has 0 radical (unpaired) electrons. The predicted molar refractivity (Wildman–Crippen MR) is 87.7 cm³/mol. The first kappa shape index (κ1) is 16.0. The minimum absolute atomic E-state index is 0.277. The lowest BCUT2D eigenvalue weighted by atomic mass is 10.1. The maximum absolute atomic E-state index is 11.9. The van der Waals surface area contributed by atoms with E-state index in [0.717, 1.165) is 17.5 Å². The van der Waals surface area contributed by atoms with Crippen molar-refractivity contribution in [2.45, 2.75) is 19.9 Å². The molecule has 2 N–H and O–H groups in total. The Morgan fingerprint density at radius 3 is 2.36 bits per heavy atom. The lowest BCUT2D eigenvalue weighted by Gasteiger charge is -2.10. The molecule has 0 atom stereocenters. The zero-order valence-corrected chi connectivity index (χ0v) is 13.0.